The molecule has 0 aliphatic carbocycles. The molecule has 1 aliphatic rings. The number of hydrogen-bond acceptors (Lipinski definition) is 3. The maximum Gasteiger partial charge on any atom is 0.318 e. The summed E-state index contributed by atoms with van der Waals surface area (Å²) in [5.74, 6) is -0.834. The molecule has 0 radical (unpaired) electrons. The summed E-state index contributed by atoms with van der Waals surface area (Å²) in [6.45, 7) is 0.474. The van der Waals surface area contributed by atoms with Crippen LogP contribution in [0.2, 0.25) is 0 Å². The zero-order chi connectivity index (χ0) is 12.0. The zero-order valence-corrected chi connectivity index (χ0v) is 9.38. The molecular formula is C12H12N2O3. The van der Waals surface area contributed by atoms with Crippen molar-refractivity contribution in [3.63, 3.8) is 0 Å². The number of ether oxygens (including phenoxy) is 1. The van der Waals surface area contributed by atoms with Crippen LogP contribution in [-0.4, -0.2) is 33.8 Å². The van der Waals surface area contributed by atoms with Gasteiger partial charge in [0.2, 0.25) is 0 Å². The third kappa shape index (κ3) is 1.29. The molecule has 5 nitrogen and oxygen atoms in total. The van der Waals surface area contributed by atoms with Gasteiger partial charge < -0.3 is 14.4 Å². The number of aliphatic carboxylic acids is 1. The topological polar surface area (TPSA) is 64.4 Å². The Kier molecular flexibility index (Phi) is 2.00. The van der Waals surface area contributed by atoms with Gasteiger partial charge in [0.1, 0.15) is 5.41 Å². The van der Waals surface area contributed by atoms with Crippen LogP contribution in [-0.2, 0) is 22.0 Å². The second-order valence-corrected chi connectivity index (χ2v) is 4.44. The van der Waals surface area contributed by atoms with E-state index in [9.17, 15) is 9.90 Å². The number of aryl methyl sites for hydroxylation is 1. The Hall–Kier alpha value is -1.88. The first-order valence-electron chi connectivity index (χ1n) is 5.36. The normalized spacial score (nSPS) is 17.9. The molecule has 0 spiro atoms. The highest BCUT2D eigenvalue weighted by Crippen LogP contribution is 2.34. The highest BCUT2D eigenvalue weighted by Gasteiger charge is 2.48. The van der Waals surface area contributed by atoms with E-state index in [1.807, 2.05) is 29.8 Å². The van der Waals surface area contributed by atoms with Gasteiger partial charge >= 0.3 is 5.97 Å². The number of hydrogen-bond donors (Lipinski definition) is 1. The van der Waals surface area contributed by atoms with Crippen molar-refractivity contribution in [2.45, 2.75) is 5.41 Å². The van der Waals surface area contributed by atoms with Crippen LogP contribution in [0.5, 0.6) is 0 Å². The number of carboxylic acids is 1. The Bertz CT molecular complexity index is 599. The summed E-state index contributed by atoms with van der Waals surface area (Å²) in [7, 11) is 1.91. The molecule has 0 bridgehead atoms. The molecule has 2 heterocycles. The van der Waals surface area contributed by atoms with E-state index >= 15 is 0 Å². The van der Waals surface area contributed by atoms with Crippen LogP contribution >= 0.6 is 0 Å². The van der Waals surface area contributed by atoms with Gasteiger partial charge in [-0.1, -0.05) is 6.07 Å². The summed E-state index contributed by atoms with van der Waals surface area (Å²) >= 11 is 0. The lowest BCUT2D eigenvalue weighted by atomic mass is 9.78. The van der Waals surface area contributed by atoms with Gasteiger partial charge in [-0.15, -0.1) is 0 Å². The van der Waals surface area contributed by atoms with Crippen LogP contribution < -0.4 is 0 Å². The number of benzene rings is 1. The molecule has 88 valence electrons. The molecule has 17 heavy (non-hydrogen) atoms. The standard InChI is InChI=1S/C12H12N2O3/c1-14-7-13-9-4-8(2-3-10(9)14)12(11(15)16)5-17-6-12/h2-4,7H,5-6H2,1H3,(H,15,16). The monoisotopic (exact) mass is 232 g/mol. The SMILES string of the molecule is Cn1cnc2cc(C3(C(=O)O)COC3)ccc21. The van der Waals surface area contributed by atoms with E-state index in [2.05, 4.69) is 4.98 Å². The Morgan fingerprint density at radius 1 is 1.53 bits per heavy atom. The maximum absolute atomic E-state index is 11.3. The number of nitrogens with zero attached hydrogens (tertiary/aromatic N) is 2. The molecule has 1 N–H and O–H groups in total. The lowest BCUT2D eigenvalue weighted by Gasteiger charge is -2.37. The van der Waals surface area contributed by atoms with E-state index in [0.717, 1.165) is 16.6 Å². The van der Waals surface area contributed by atoms with Crippen LogP contribution in [0.15, 0.2) is 24.5 Å². The van der Waals surface area contributed by atoms with Gasteiger partial charge in [0.15, 0.2) is 0 Å². The van der Waals surface area contributed by atoms with Gasteiger partial charge in [-0.05, 0) is 17.7 Å². The van der Waals surface area contributed by atoms with Gasteiger partial charge in [0, 0.05) is 7.05 Å². The largest absolute Gasteiger partial charge is 0.480 e. The summed E-state index contributed by atoms with van der Waals surface area (Å²) in [6, 6.07) is 5.59. The lowest BCUT2D eigenvalue weighted by molar-refractivity contribution is -0.163. The van der Waals surface area contributed by atoms with Gasteiger partial charge in [-0.25, -0.2) is 4.98 Å². The van der Waals surface area contributed by atoms with Crippen molar-refractivity contribution in [2.24, 2.45) is 7.05 Å². The first-order chi connectivity index (χ1) is 8.13. The van der Waals surface area contributed by atoms with Crippen LogP contribution in [0, 0.1) is 0 Å². The summed E-state index contributed by atoms with van der Waals surface area (Å²) in [6.07, 6.45) is 1.72. The van der Waals surface area contributed by atoms with Crippen LogP contribution in [0.3, 0.4) is 0 Å². The van der Waals surface area contributed by atoms with Crippen LogP contribution in [0.1, 0.15) is 5.56 Å². The minimum Gasteiger partial charge on any atom is -0.480 e. The number of carbonyl (C=O) groups is 1. The maximum atomic E-state index is 11.3. The fraction of sp³-hybridized carbons (Fsp3) is 0.333. The van der Waals surface area contributed by atoms with Gasteiger partial charge in [0.05, 0.1) is 30.6 Å². The van der Waals surface area contributed by atoms with E-state index in [0.29, 0.717) is 0 Å². The molecule has 0 saturated carbocycles. The number of rotatable bonds is 2. The summed E-state index contributed by atoms with van der Waals surface area (Å²) in [5.41, 5.74) is 1.70. The minimum absolute atomic E-state index is 0.237. The summed E-state index contributed by atoms with van der Waals surface area (Å²) in [4.78, 5) is 15.6. The third-order valence-electron chi connectivity index (χ3n) is 3.38. The molecular weight excluding hydrogens is 220 g/mol. The highest BCUT2D eigenvalue weighted by atomic mass is 16.5. The molecule has 0 unspecified atom stereocenters. The number of fused-ring (bicyclic) bond motifs is 1. The van der Waals surface area contributed by atoms with Crippen LogP contribution in [0.25, 0.3) is 11.0 Å². The molecule has 0 amide bonds. The first-order valence-corrected chi connectivity index (χ1v) is 5.36. The van der Waals surface area contributed by atoms with Gasteiger partial charge in [-0.3, -0.25) is 4.79 Å². The fourth-order valence-electron chi connectivity index (χ4n) is 2.15. The average molecular weight is 232 g/mol. The minimum atomic E-state index is -0.883. The third-order valence-corrected chi connectivity index (χ3v) is 3.38. The van der Waals surface area contributed by atoms with E-state index in [4.69, 9.17) is 4.74 Å². The van der Waals surface area contributed by atoms with Gasteiger partial charge in [-0.2, -0.15) is 0 Å². The Morgan fingerprint density at radius 2 is 2.29 bits per heavy atom. The number of imidazole rings is 1. The summed E-state index contributed by atoms with van der Waals surface area (Å²) in [5, 5.41) is 9.31. The molecule has 1 saturated heterocycles. The lowest BCUT2D eigenvalue weighted by Crippen LogP contribution is -2.53. The van der Waals surface area contributed by atoms with Crippen molar-refractivity contribution in [1.82, 2.24) is 9.55 Å². The van der Waals surface area contributed by atoms with Crippen molar-refractivity contribution >= 4 is 17.0 Å². The van der Waals surface area contributed by atoms with Crippen molar-refractivity contribution < 1.29 is 14.6 Å². The van der Waals surface area contributed by atoms with E-state index in [1.165, 1.54) is 0 Å². The number of carboxylic acid groups (broad SMARTS) is 1. The van der Waals surface area contributed by atoms with Crippen molar-refractivity contribution in [1.29, 1.82) is 0 Å². The van der Waals surface area contributed by atoms with Crippen molar-refractivity contribution in [3.8, 4) is 0 Å². The second-order valence-electron chi connectivity index (χ2n) is 4.44. The summed E-state index contributed by atoms with van der Waals surface area (Å²) < 4.78 is 6.97. The quantitative estimate of drug-likeness (QED) is 0.836. The molecule has 2 aromatic rings. The smallest absolute Gasteiger partial charge is 0.318 e. The first kappa shape index (κ1) is 10.3. The Labute approximate surface area is 97.6 Å². The van der Waals surface area contributed by atoms with Crippen molar-refractivity contribution in [3.05, 3.63) is 30.1 Å². The van der Waals surface area contributed by atoms with Crippen molar-refractivity contribution in [2.75, 3.05) is 13.2 Å². The molecule has 1 aliphatic heterocycles. The average Bonchev–Trinajstić information content (AvgIpc) is 2.58. The molecule has 0 atom stereocenters. The predicted octanol–water partition coefficient (Wildman–Crippen LogP) is 0.926. The molecule has 1 aromatic carbocycles. The van der Waals surface area contributed by atoms with E-state index < -0.39 is 11.4 Å². The second kappa shape index (κ2) is 3.30. The Balaban J connectivity index is 2.14. The number of aromatic nitrogens is 2. The predicted molar refractivity (Wildman–Crippen MR) is 60.8 cm³/mol. The highest BCUT2D eigenvalue weighted by molar-refractivity contribution is 5.85. The van der Waals surface area contributed by atoms with Gasteiger partial charge in [0.25, 0.3) is 0 Å². The van der Waals surface area contributed by atoms with E-state index in [-0.39, 0.29) is 13.2 Å². The molecule has 1 fully saturated rings. The molecule has 1 aromatic heterocycles. The zero-order valence-electron chi connectivity index (χ0n) is 9.38. The van der Waals surface area contributed by atoms with Crippen LogP contribution in [0.4, 0.5) is 0 Å². The Morgan fingerprint density at radius 3 is 2.88 bits per heavy atom. The molecule has 3 rings (SSSR count). The van der Waals surface area contributed by atoms with E-state index in [1.54, 1.807) is 6.33 Å². The fourth-order valence-corrected chi connectivity index (χ4v) is 2.15. The molecule has 5 heteroatoms.